The van der Waals surface area contributed by atoms with Gasteiger partial charge in [0.2, 0.25) is 0 Å². The molecule has 0 bridgehead atoms. The van der Waals surface area contributed by atoms with Crippen LogP contribution in [0.4, 0.5) is 0 Å². The van der Waals surface area contributed by atoms with E-state index in [-0.39, 0.29) is 0 Å². The van der Waals surface area contributed by atoms with Gasteiger partial charge in [-0.1, -0.05) is 20.8 Å². The average Bonchev–Trinajstić information content (AvgIpc) is 2.03. The third-order valence-electron chi connectivity index (χ3n) is 2.14. The number of hydrogen-bond acceptors (Lipinski definition) is 2. The summed E-state index contributed by atoms with van der Waals surface area (Å²) < 4.78 is 0. The molecule has 0 rings (SSSR count). The normalized spacial score (nSPS) is 13.8. The van der Waals surface area contributed by atoms with Gasteiger partial charge in [0.05, 0.1) is 0 Å². The van der Waals surface area contributed by atoms with E-state index >= 15 is 0 Å². The number of rotatable bonds is 7. The fourth-order valence-electron chi connectivity index (χ4n) is 0.884. The molecule has 1 nitrogen and oxygen atoms in total. The Morgan fingerprint density at radius 3 is 2.42 bits per heavy atom. The summed E-state index contributed by atoms with van der Waals surface area (Å²) in [6.07, 6.45) is 1.30. The van der Waals surface area contributed by atoms with Crippen LogP contribution in [0.25, 0.3) is 0 Å². The second-order valence-electron chi connectivity index (χ2n) is 3.54. The topological polar surface area (TPSA) is 12.0 Å². The number of thioether (sulfide) groups is 1. The van der Waals surface area contributed by atoms with Crippen molar-refractivity contribution in [1.82, 2.24) is 5.32 Å². The quantitative estimate of drug-likeness (QED) is 0.618. The smallest absolute Gasteiger partial charge is 0.00617 e. The molecule has 0 fully saturated rings. The van der Waals surface area contributed by atoms with Gasteiger partial charge in [0.1, 0.15) is 0 Å². The van der Waals surface area contributed by atoms with Gasteiger partial charge in [0, 0.05) is 6.04 Å². The van der Waals surface area contributed by atoms with E-state index < -0.39 is 0 Å². The van der Waals surface area contributed by atoms with Gasteiger partial charge in [-0.05, 0) is 37.3 Å². The zero-order valence-electron chi connectivity index (χ0n) is 8.89. The highest BCUT2D eigenvalue weighted by Gasteiger charge is 2.04. The standard InChI is InChI=1S/C10H23NS/c1-5-12-8-6-7-11-10(4)9(2)3/h9-11H,5-8H2,1-4H3. The molecular formula is C10H23NS. The van der Waals surface area contributed by atoms with Crippen LogP contribution in [0.3, 0.4) is 0 Å². The summed E-state index contributed by atoms with van der Waals surface area (Å²) in [5.74, 6) is 3.30. The van der Waals surface area contributed by atoms with Crippen LogP contribution >= 0.6 is 11.8 Å². The maximum atomic E-state index is 3.53. The van der Waals surface area contributed by atoms with Crippen molar-refractivity contribution >= 4 is 11.8 Å². The molecule has 0 amide bonds. The van der Waals surface area contributed by atoms with Gasteiger partial charge in [0.25, 0.3) is 0 Å². The van der Waals surface area contributed by atoms with Crippen LogP contribution < -0.4 is 5.32 Å². The minimum atomic E-state index is 0.664. The minimum absolute atomic E-state index is 0.664. The van der Waals surface area contributed by atoms with E-state index in [2.05, 4.69) is 33.0 Å². The molecule has 0 aromatic carbocycles. The van der Waals surface area contributed by atoms with Gasteiger partial charge in [-0.25, -0.2) is 0 Å². The molecule has 0 aliphatic rings. The van der Waals surface area contributed by atoms with Gasteiger partial charge < -0.3 is 5.32 Å². The summed E-state index contributed by atoms with van der Waals surface area (Å²) in [5.41, 5.74) is 0. The third kappa shape index (κ3) is 6.99. The maximum absolute atomic E-state index is 3.53. The highest BCUT2D eigenvalue weighted by atomic mass is 32.2. The summed E-state index contributed by atoms with van der Waals surface area (Å²) >= 11 is 2.03. The molecular weight excluding hydrogens is 166 g/mol. The zero-order valence-corrected chi connectivity index (χ0v) is 9.71. The van der Waals surface area contributed by atoms with Crippen LogP contribution in [-0.2, 0) is 0 Å². The molecule has 0 heterocycles. The summed E-state index contributed by atoms with van der Waals surface area (Å²) in [6.45, 7) is 10.2. The molecule has 0 aliphatic carbocycles. The highest BCUT2D eigenvalue weighted by Crippen LogP contribution is 2.02. The lowest BCUT2D eigenvalue weighted by atomic mass is 10.1. The Labute approximate surface area is 81.7 Å². The van der Waals surface area contributed by atoms with Crippen LogP contribution in [0.5, 0.6) is 0 Å². The van der Waals surface area contributed by atoms with Crippen molar-refractivity contribution in [3.8, 4) is 0 Å². The first-order valence-corrected chi connectivity index (χ1v) is 6.15. The summed E-state index contributed by atoms with van der Waals surface area (Å²) in [5, 5.41) is 3.53. The van der Waals surface area contributed by atoms with Crippen molar-refractivity contribution in [2.24, 2.45) is 5.92 Å². The first kappa shape index (κ1) is 12.3. The van der Waals surface area contributed by atoms with Gasteiger partial charge in [-0.3, -0.25) is 0 Å². The largest absolute Gasteiger partial charge is 0.314 e. The molecule has 74 valence electrons. The molecule has 0 spiro atoms. The molecule has 1 N–H and O–H groups in total. The van der Waals surface area contributed by atoms with Crippen molar-refractivity contribution in [3.63, 3.8) is 0 Å². The molecule has 0 radical (unpaired) electrons. The van der Waals surface area contributed by atoms with E-state index in [4.69, 9.17) is 0 Å². The summed E-state index contributed by atoms with van der Waals surface area (Å²) in [7, 11) is 0. The third-order valence-corrected chi connectivity index (χ3v) is 3.12. The molecule has 0 aromatic rings. The Morgan fingerprint density at radius 1 is 1.25 bits per heavy atom. The fourth-order valence-corrected chi connectivity index (χ4v) is 1.52. The lowest BCUT2D eigenvalue weighted by molar-refractivity contribution is 0.428. The Bertz CT molecular complexity index is 93.8. The predicted octanol–water partition coefficient (Wildman–Crippen LogP) is 2.76. The molecule has 0 aliphatic heterocycles. The molecule has 0 aromatic heterocycles. The van der Waals surface area contributed by atoms with Crippen molar-refractivity contribution in [2.75, 3.05) is 18.1 Å². The molecule has 1 atom stereocenters. The van der Waals surface area contributed by atoms with Crippen LogP contribution in [-0.4, -0.2) is 24.1 Å². The van der Waals surface area contributed by atoms with Crippen LogP contribution in [0.1, 0.15) is 34.1 Å². The Balaban J connectivity index is 3.08. The molecule has 2 heteroatoms. The first-order chi connectivity index (χ1) is 5.68. The predicted molar refractivity (Wildman–Crippen MR) is 59.9 cm³/mol. The van der Waals surface area contributed by atoms with E-state index in [0.29, 0.717) is 6.04 Å². The first-order valence-electron chi connectivity index (χ1n) is 4.99. The monoisotopic (exact) mass is 189 g/mol. The molecule has 0 saturated carbocycles. The summed E-state index contributed by atoms with van der Waals surface area (Å²) in [4.78, 5) is 0. The van der Waals surface area contributed by atoms with E-state index in [1.807, 2.05) is 11.8 Å². The van der Waals surface area contributed by atoms with E-state index in [1.165, 1.54) is 24.5 Å². The van der Waals surface area contributed by atoms with Crippen molar-refractivity contribution < 1.29 is 0 Å². The Kier molecular flexibility index (Phi) is 8.14. The van der Waals surface area contributed by atoms with E-state index in [9.17, 15) is 0 Å². The van der Waals surface area contributed by atoms with Crippen LogP contribution in [0, 0.1) is 5.92 Å². The van der Waals surface area contributed by atoms with Crippen LogP contribution in [0.2, 0.25) is 0 Å². The number of hydrogen-bond donors (Lipinski definition) is 1. The molecule has 12 heavy (non-hydrogen) atoms. The molecule has 0 saturated heterocycles. The minimum Gasteiger partial charge on any atom is -0.314 e. The van der Waals surface area contributed by atoms with Gasteiger partial charge in [-0.2, -0.15) is 11.8 Å². The Morgan fingerprint density at radius 2 is 1.92 bits per heavy atom. The van der Waals surface area contributed by atoms with Gasteiger partial charge in [0.15, 0.2) is 0 Å². The number of nitrogens with one attached hydrogen (secondary N) is 1. The van der Waals surface area contributed by atoms with Crippen molar-refractivity contribution in [3.05, 3.63) is 0 Å². The van der Waals surface area contributed by atoms with E-state index in [1.54, 1.807) is 0 Å². The second-order valence-corrected chi connectivity index (χ2v) is 4.93. The molecule has 1 unspecified atom stereocenters. The lowest BCUT2D eigenvalue weighted by Gasteiger charge is -2.16. The highest BCUT2D eigenvalue weighted by molar-refractivity contribution is 7.99. The SMILES string of the molecule is CCSCCCNC(C)C(C)C. The lowest BCUT2D eigenvalue weighted by Crippen LogP contribution is -2.31. The maximum Gasteiger partial charge on any atom is 0.00617 e. The fraction of sp³-hybridized carbons (Fsp3) is 1.00. The van der Waals surface area contributed by atoms with Crippen molar-refractivity contribution in [2.45, 2.75) is 40.2 Å². The van der Waals surface area contributed by atoms with Crippen molar-refractivity contribution in [1.29, 1.82) is 0 Å². The average molecular weight is 189 g/mol. The van der Waals surface area contributed by atoms with Crippen LogP contribution in [0.15, 0.2) is 0 Å². The van der Waals surface area contributed by atoms with Gasteiger partial charge in [-0.15, -0.1) is 0 Å². The summed E-state index contributed by atoms with van der Waals surface area (Å²) in [6, 6.07) is 0.664. The Hall–Kier alpha value is 0.310. The zero-order chi connectivity index (χ0) is 9.40. The van der Waals surface area contributed by atoms with Gasteiger partial charge >= 0.3 is 0 Å². The van der Waals surface area contributed by atoms with E-state index in [0.717, 1.165) is 5.92 Å². The second kappa shape index (κ2) is 7.93.